The van der Waals surface area contributed by atoms with E-state index in [9.17, 15) is 9.59 Å². The third kappa shape index (κ3) is 4.53. The zero-order valence-electron chi connectivity index (χ0n) is 16.6. The average molecular weight is 394 g/mol. The van der Waals surface area contributed by atoms with Crippen LogP contribution in [0.2, 0.25) is 0 Å². The summed E-state index contributed by atoms with van der Waals surface area (Å²) in [5.74, 6) is 1.39. The number of carbonyl (C=O) groups excluding carboxylic acids is 2. The highest BCUT2D eigenvalue weighted by Crippen LogP contribution is 2.33. The topological polar surface area (TPSA) is 67.9 Å². The summed E-state index contributed by atoms with van der Waals surface area (Å²) in [5.41, 5.74) is 2.91. The zero-order valence-corrected chi connectivity index (χ0v) is 16.6. The van der Waals surface area contributed by atoms with Crippen LogP contribution in [0.3, 0.4) is 0 Å². The number of anilines is 1. The number of nitrogens with one attached hydrogen (secondary N) is 1. The summed E-state index contributed by atoms with van der Waals surface area (Å²) in [5, 5.41) is 2.98. The van der Waals surface area contributed by atoms with E-state index in [1.807, 2.05) is 48.2 Å². The van der Waals surface area contributed by atoms with Crippen LogP contribution in [0.4, 0.5) is 5.69 Å². The Morgan fingerprint density at radius 3 is 2.52 bits per heavy atom. The number of aryl methyl sites for hydroxylation is 1. The van der Waals surface area contributed by atoms with Crippen molar-refractivity contribution in [1.82, 2.24) is 4.90 Å². The summed E-state index contributed by atoms with van der Waals surface area (Å²) in [7, 11) is 0. The Balaban J connectivity index is 1.29. The molecule has 0 aromatic heterocycles. The molecule has 2 aromatic carbocycles. The Labute approximate surface area is 170 Å². The molecule has 0 radical (unpaired) electrons. The van der Waals surface area contributed by atoms with Gasteiger partial charge in [0.25, 0.3) is 0 Å². The smallest absolute Gasteiger partial charge is 0.227 e. The Kier molecular flexibility index (Phi) is 5.69. The Morgan fingerprint density at radius 1 is 1.03 bits per heavy atom. The van der Waals surface area contributed by atoms with Gasteiger partial charge in [-0.2, -0.15) is 0 Å². The van der Waals surface area contributed by atoms with Crippen LogP contribution >= 0.6 is 0 Å². The van der Waals surface area contributed by atoms with Crippen LogP contribution < -0.4 is 14.8 Å². The minimum Gasteiger partial charge on any atom is -0.486 e. The number of piperidine rings is 1. The number of fused-ring (bicyclic) bond motifs is 1. The second-order valence-electron chi connectivity index (χ2n) is 7.61. The van der Waals surface area contributed by atoms with Crippen molar-refractivity contribution in [1.29, 1.82) is 0 Å². The lowest BCUT2D eigenvalue weighted by atomic mass is 9.95. The van der Waals surface area contributed by atoms with Crippen molar-refractivity contribution in [2.75, 3.05) is 31.6 Å². The van der Waals surface area contributed by atoms with Crippen LogP contribution in [0.5, 0.6) is 11.5 Å². The number of carbonyl (C=O) groups is 2. The van der Waals surface area contributed by atoms with Gasteiger partial charge in [-0.1, -0.05) is 24.3 Å². The standard InChI is InChI=1S/C23H26N2O4/c1-16-4-2-3-5-18(16)14-22(26)25-10-8-17(9-11-25)23(27)24-19-6-7-20-21(15-19)29-13-12-28-20/h2-7,15,17H,8-14H2,1H3,(H,24,27). The molecule has 0 bridgehead atoms. The van der Waals surface area contributed by atoms with E-state index in [0.717, 1.165) is 11.1 Å². The van der Waals surface area contributed by atoms with Crippen molar-refractivity contribution < 1.29 is 19.1 Å². The number of nitrogens with zero attached hydrogens (tertiary/aromatic N) is 1. The van der Waals surface area contributed by atoms with Crippen molar-refractivity contribution in [2.45, 2.75) is 26.2 Å². The second-order valence-corrected chi connectivity index (χ2v) is 7.61. The van der Waals surface area contributed by atoms with Crippen molar-refractivity contribution in [2.24, 2.45) is 5.92 Å². The molecule has 4 rings (SSSR count). The first kappa shape index (κ1) is 19.3. The summed E-state index contributed by atoms with van der Waals surface area (Å²) in [6, 6.07) is 13.4. The fraction of sp³-hybridized carbons (Fsp3) is 0.391. The SMILES string of the molecule is Cc1ccccc1CC(=O)N1CCC(C(=O)Nc2ccc3c(c2)OCCO3)CC1. The molecule has 2 heterocycles. The van der Waals surface area contributed by atoms with Gasteiger partial charge in [-0.15, -0.1) is 0 Å². The molecule has 0 unspecified atom stereocenters. The first-order valence-corrected chi connectivity index (χ1v) is 10.1. The predicted molar refractivity (Wildman–Crippen MR) is 110 cm³/mol. The molecule has 29 heavy (non-hydrogen) atoms. The van der Waals surface area contributed by atoms with Gasteiger partial charge in [-0.05, 0) is 43.0 Å². The Hall–Kier alpha value is -3.02. The molecule has 1 saturated heterocycles. The number of amides is 2. The lowest BCUT2D eigenvalue weighted by Gasteiger charge is -2.31. The van der Waals surface area contributed by atoms with Crippen LogP contribution in [-0.4, -0.2) is 43.0 Å². The first-order chi connectivity index (χ1) is 14.1. The quantitative estimate of drug-likeness (QED) is 0.865. The first-order valence-electron chi connectivity index (χ1n) is 10.1. The highest BCUT2D eigenvalue weighted by atomic mass is 16.6. The lowest BCUT2D eigenvalue weighted by molar-refractivity contribution is -0.133. The van der Waals surface area contributed by atoms with Crippen LogP contribution in [0.1, 0.15) is 24.0 Å². The summed E-state index contributed by atoms with van der Waals surface area (Å²) in [6.07, 6.45) is 1.77. The van der Waals surface area contributed by atoms with Crippen LogP contribution in [-0.2, 0) is 16.0 Å². The van der Waals surface area contributed by atoms with E-state index in [1.165, 1.54) is 0 Å². The van der Waals surface area contributed by atoms with Crippen molar-refractivity contribution in [3.63, 3.8) is 0 Å². The minimum atomic E-state index is -0.0919. The molecular weight excluding hydrogens is 368 g/mol. The molecule has 2 aromatic rings. The predicted octanol–water partition coefficient (Wildman–Crippen LogP) is 3.19. The van der Waals surface area contributed by atoms with Gasteiger partial charge in [0.1, 0.15) is 13.2 Å². The molecule has 0 aliphatic carbocycles. The van der Waals surface area contributed by atoms with E-state index in [-0.39, 0.29) is 17.7 Å². The van der Waals surface area contributed by atoms with E-state index in [4.69, 9.17) is 9.47 Å². The van der Waals surface area contributed by atoms with Crippen LogP contribution in [0.15, 0.2) is 42.5 Å². The molecule has 0 spiro atoms. The fourth-order valence-corrected chi connectivity index (χ4v) is 3.84. The normalized spacial score (nSPS) is 16.4. The fourth-order valence-electron chi connectivity index (χ4n) is 3.84. The van der Waals surface area contributed by atoms with Gasteiger partial charge in [-0.3, -0.25) is 9.59 Å². The van der Waals surface area contributed by atoms with Gasteiger partial charge in [0.05, 0.1) is 6.42 Å². The van der Waals surface area contributed by atoms with Gasteiger partial charge in [0, 0.05) is 30.8 Å². The number of ether oxygens (including phenoxy) is 2. The number of likely N-dealkylation sites (tertiary alicyclic amines) is 1. The van der Waals surface area contributed by atoms with E-state index in [0.29, 0.717) is 62.8 Å². The molecular formula is C23H26N2O4. The average Bonchev–Trinajstić information content (AvgIpc) is 2.75. The number of hydrogen-bond donors (Lipinski definition) is 1. The summed E-state index contributed by atoms with van der Waals surface area (Å²) >= 11 is 0. The van der Waals surface area contributed by atoms with Crippen molar-refractivity contribution in [3.8, 4) is 11.5 Å². The van der Waals surface area contributed by atoms with Gasteiger partial charge in [0.15, 0.2) is 11.5 Å². The van der Waals surface area contributed by atoms with Crippen molar-refractivity contribution >= 4 is 17.5 Å². The minimum absolute atomic E-state index is 0.00678. The lowest BCUT2D eigenvalue weighted by Crippen LogP contribution is -2.42. The summed E-state index contributed by atoms with van der Waals surface area (Å²) in [4.78, 5) is 27.2. The number of hydrogen-bond acceptors (Lipinski definition) is 4. The molecule has 1 fully saturated rings. The largest absolute Gasteiger partial charge is 0.486 e. The van der Waals surface area contributed by atoms with E-state index in [1.54, 1.807) is 6.07 Å². The van der Waals surface area contributed by atoms with Gasteiger partial charge in [-0.25, -0.2) is 0 Å². The molecule has 152 valence electrons. The summed E-state index contributed by atoms with van der Waals surface area (Å²) in [6.45, 7) is 4.31. The second kappa shape index (κ2) is 8.55. The van der Waals surface area contributed by atoms with Gasteiger partial charge < -0.3 is 19.7 Å². The molecule has 2 aliphatic heterocycles. The highest BCUT2D eigenvalue weighted by Gasteiger charge is 2.27. The molecule has 1 N–H and O–H groups in total. The third-order valence-electron chi connectivity index (χ3n) is 5.63. The molecule has 2 amide bonds. The number of rotatable bonds is 4. The molecule has 2 aliphatic rings. The maximum absolute atomic E-state index is 12.7. The van der Waals surface area contributed by atoms with Crippen LogP contribution in [0, 0.1) is 12.8 Å². The molecule has 0 atom stereocenters. The summed E-state index contributed by atoms with van der Waals surface area (Å²) < 4.78 is 11.1. The molecule has 0 saturated carbocycles. The van der Waals surface area contributed by atoms with Crippen LogP contribution in [0.25, 0.3) is 0 Å². The molecule has 6 nitrogen and oxygen atoms in total. The third-order valence-corrected chi connectivity index (χ3v) is 5.63. The van der Waals surface area contributed by atoms with E-state index < -0.39 is 0 Å². The Morgan fingerprint density at radius 2 is 1.76 bits per heavy atom. The van der Waals surface area contributed by atoms with Gasteiger partial charge >= 0.3 is 0 Å². The maximum Gasteiger partial charge on any atom is 0.227 e. The number of benzene rings is 2. The van der Waals surface area contributed by atoms with Crippen molar-refractivity contribution in [3.05, 3.63) is 53.6 Å². The Bertz CT molecular complexity index is 904. The molecule has 6 heteroatoms. The highest BCUT2D eigenvalue weighted by molar-refractivity contribution is 5.93. The monoisotopic (exact) mass is 394 g/mol. The zero-order chi connectivity index (χ0) is 20.2. The maximum atomic E-state index is 12.7. The van der Waals surface area contributed by atoms with E-state index >= 15 is 0 Å². The van der Waals surface area contributed by atoms with E-state index in [2.05, 4.69) is 5.32 Å². The van der Waals surface area contributed by atoms with Gasteiger partial charge in [0.2, 0.25) is 11.8 Å².